The first-order valence-corrected chi connectivity index (χ1v) is 8.73. The molecule has 2 aliphatic heterocycles. The van der Waals surface area contributed by atoms with Gasteiger partial charge in [-0.15, -0.1) is 0 Å². The first-order chi connectivity index (χ1) is 10.1. The van der Waals surface area contributed by atoms with E-state index >= 15 is 0 Å². The fraction of sp³-hybridized carbons (Fsp3) is 0.643. The van der Waals surface area contributed by atoms with Crippen LogP contribution in [0.3, 0.4) is 0 Å². The van der Waals surface area contributed by atoms with Crippen LogP contribution in [0.4, 0.5) is 0 Å². The molecule has 3 heterocycles. The first kappa shape index (κ1) is 14.9. The second-order valence-corrected chi connectivity index (χ2v) is 7.19. The molecule has 0 saturated carbocycles. The Bertz CT molecular complexity index is 578. The molecule has 7 heteroatoms. The van der Waals surface area contributed by atoms with Crippen molar-refractivity contribution in [3.63, 3.8) is 0 Å². The monoisotopic (exact) mass is 312 g/mol. The van der Waals surface area contributed by atoms with E-state index in [1.807, 2.05) is 6.92 Å². The van der Waals surface area contributed by atoms with Crippen molar-refractivity contribution in [1.82, 2.24) is 9.29 Å². The normalized spacial score (nSPS) is 30.2. The van der Waals surface area contributed by atoms with Crippen molar-refractivity contribution in [2.75, 3.05) is 19.8 Å². The molecule has 21 heavy (non-hydrogen) atoms. The van der Waals surface area contributed by atoms with E-state index in [-0.39, 0.29) is 23.1 Å². The molecule has 2 aliphatic rings. The Morgan fingerprint density at radius 3 is 3.10 bits per heavy atom. The molecule has 0 unspecified atom stereocenters. The highest BCUT2D eigenvalue weighted by Crippen LogP contribution is 2.34. The molecule has 0 N–H and O–H groups in total. The lowest BCUT2D eigenvalue weighted by atomic mass is 10.0. The lowest BCUT2D eigenvalue weighted by Crippen LogP contribution is -2.43. The van der Waals surface area contributed by atoms with Crippen LogP contribution in [0, 0.1) is 0 Å². The van der Waals surface area contributed by atoms with Gasteiger partial charge in [0.2, 0.25) is 10.0 Å². The van der Waals surface area contributed by atoms with E-state index in [9.17, 15) is 8.42 Å². The number of hydrogen-bond donors (Lipinski definition) is 0. The molecule has 1 aromatic heterocycles. The Hall–Kier alpha value is -1.02. The van der Waals surface area contributed by atoms with Crippen LogP contribution in [0.15, 0.2) is 29.4 Å². The molecule has 0 amide bonds. The zero-order valence-corrected chi connectivity index (χ0v) is 12.8. The van der Waals surface area contributed by atoms with Crippen LogP contribution in [-0.4, -0.2) is 55.7 Å². The zero-order chi connectivity index (χ0) is 14.9. The molecule has 116 valence electrons. The van der Waals surface area contributed by atoms with Gasteiger partial charge in [0, 0.05) is 32.2 Å². The fourth-order valence-electron chi connectivity index (χ4n) is 3.14. The van der Waals surface area contributed by atoms with Gasteiger partial charge in [-0.2, -0.15) is 4.31 Å². The van der Waals surface area contributed by atoms with E-state index in [1.165, 1.54) is 10.5 Å². The minimum Gasteiger partial charge on any atom is -0.374 e. The van der Waals surface area contributed by atoms with Gasteiger partial charge >= 0.3 is 0 Å². The summed E-state index contributed by atoms with van der Waals surface area (Å²) in [4.78, 5) is 4.14. The maximum absolute atomic E-state index is 12.8. The van der Waals surface area contributed by atoms with Crippen LogP contribution in [0.2, 0.25) is 0 Å². The molecular weight excluding hydrogens is 292 g/mol. The SMILES string of the molecule is CCO[C@@H]1CN(S(=O)(=O)c2cccnc2)[C@H]2CCCO[C@@H]12. The highest BCUT2D eigenvalue weighted by Gasteiger charge is 2.49. The number of aromatic nitrogens is 1. The lowest BCUT2D eigenvalue weighted by molar-refractivity contribution is -0.0727. The van der Waals surface area contributed by atoms with Crippen molar-refractivity contribution in [3.8, 4) is 0 Å². The summed E-state index contributed by atoms with van der Waals surface area (Å²) in [7, 11) is -3.55. The molecule has 1 aromatic rings. The van der Waals surface area contributed by atoms with E-state index in [0.717, 1.165) is 12.8 Å². The second kappa shape index (κ2) is 6.00. The highest BCUT2D eigenvalue weighted by molar-refractivity contribution is 7.89. The molecule has 0 spiro atoms. The van der Waals surface area contributed by atoms with Crippen molar-refractivity contribution < 1.29 is 17.9 Å². The molecular formula is C14H20N2O4S. The van der Waals surface area contributed by atoms with Crippen LogP contribution in [0.1, 0.15) is 19.8 Å². The molecule has 0 radical (unpaired) electrons. The molecule has 0 aromatic carbocycles. The van der Waals surface area contributed by atoms with Crippen molar-refractivity contribution in [3.05, 3.63) is 24.5 Å². The highest BCUT2D eigenvalue weighted by atomic mass is 32.2. The Morgan fingerprint density at radius 1 is 1.52 bits per heavy atom. The van der Waals surface area contributed by atoms with Crippen LogP contribution in [0.25, 0.3) is 0 Å². The van der Waals surface area contributed by atoms with Crippen molar-refractivity contribution >= 4 is 10.0 Å². The third-order valence-corrected chi connectivity index (χ3v) is 5.93. The molecule has 2 fully saturated rings. The molecule has 3 atom stereocenters. The smallest absolute Gasteiger partial charge is 0.245 e. The summed E-state index contributed by atoms with van der Waals surface area (Å²) >= 11 is 0. The predicted molar refractivity (Wildman–Crippen MR) is 76.3 cm³/mol. The average Bonchev–Trinajstić information content (AvgIpc) is 2.88. The van der Waals surface area contributed by atoms with Crippen molar-refractivity contribution in [1.29, 1.82) is 0 Å². The van der Waals surface area contributed by atoms with Crippen LogP contribution in [0.5, 0.6) is 0 Å². The summed E-state index contributed by atoms with van der Waals surface area (Å²) in [5.74, 6) is 0. The van der Waals surface area contributed by atoms with Crippen molar-refractivity contribution in [2.45, 2.75) is 42.9 Å². The van der Waals surface area contributed by atoms with Gasteiger partial charge in [0.25, 0.3) is 0 Å². The summed E-state index contributed by atoms with van der Waals surface area (Å²) in [6.07, 6.45) is 4.30. The molecule has 0 bridgehead atoms. The number of sulfonamides is 1. The quantitative estimate of drug-likeness (QED) is 0.831. The fourth-order valence-corrected chi connectivity index (χ4v) is 4.78. The van der Waals surface area contributed by atoms with Gasteiger partial charge in [-0.1, -0.05) is 0 Å². The predicted octanol–water partition coefficient (Wildman–Crippen LogP) is 1.04. The van der Waals surface area contributed by atoms with E-state index in [0.29, 0.717) is 19.8 Å². The number of hydrogen-bond acceptors (Lipinski definition) is 5. The number of rotatable bonds is 4. The molecule has 3 rings (SSSR count). The topological polar surface area (TPSA) is 68.7 Å². The number of pyridine rings is 1. The maximum Gasteiger partial charge on any atom is 0.245 e. The van der Waals surface area contributed by atoms with Gasteiger partial charge in [0.1, 0.15) is 11.0 Å². The summed E-state index contributed by atoms with van der Waals surface area (Å²) in [5.41, 5.74) is 0. The van der Waals surface area contributed by atoms with Crippen LogP contribution in [-0.2, 0) is 19.5 Å². The van der Waals surface area contributed by atoms with Crippen molar-refractivity contribution in [2.24, 2.45) is 0 Å². The van der Waals surface area contributed by atoms with E-state index in [1.54, 1.807) is 18.3 Å². The average molecular weight is 312 g/mol. The number of fused-ring (bicyclic) bond motifs is 1. The van der Waals surface area contributed by atoms with Gasteiger partial charge in [-0.3, -0.25) is 4.98 Å². The van der Waals surface area contributed by atoms with Gasteiger partial charge in [0.15, 0.2) is 0 Å². The Morgan fingerprint density at radius 2 is 2.38 bits per heavy atom. The summed E-state index contributed by atoms with van der Waals surface area (Å²) in [5, 5.41) is 0. The third kappa shape index (κ3) is 2.70. The number of ether oxygens (including phenoxy) is 2. The largest absolute Gasteiger partial charge is 0.374 e. The third-order valence-electron chi connectivity index (χ3n) is 4.05. The second-order valence-electron chi connectivity index (χ2n) is 5.30. The first-order valence-electron chi connectivity index (χ1n) is 7.29. The molecule has 0 aliphatic carbocycles. The van der Waals surface area contributed by atoms with E-state index in [4.69, 9.17) is 9.47 Å². The Balaban J connectivity index is 1.91. The van der Waals surface area contributed by atoms with E-state index in [2.05, 4.69) is 4.98 Å². The Labute approximate surface area is 125 Å². The van der Waals surface area contributed by atoms with Gasteiger partial charge in [-0.05, 0) is 31.9 Å². The van der Waals surface area contributed by atoms with Gasteiger partial charge < -0.3 is 9.47 Å². The van der Waals surface area contributed by atoms with Crippen LogP contribution >= 0.6 is 0 Å². The van der Waals surface area contributed by atoms with E-state index < -0.39 is 10.0 Å². The standard InChI is InChI=1S/C14H20N2O4S/c1-2-19-13-10-16(12-6-4-8-20-14(12)13)21(17,18)11-5-3-7-15-9-11/h3,5,7,9,12-14H,2,4,6,8,10H2,1H3/t12-,13+,14+/m0/s1. The minimum atomic E-state index is -3.55. The summed E-state index contributed by atoms with van der Waals surface area (Å²) in [6.45, 7) is 3.49. The molecule has 6 nitrogen and oxygen atoms in total. The zero-order valence-electron chi connectivity index (χ0n) is 12.0. The summed E-state index contributed by atoms with van der Waals surface area (Å²) < 4.78 is 38.6. The minimum absolute atomic E-state index is 0.138. The molecule has 2 saturated heterocycles. The Kier molecular flexibility index (Phi) is 4.26. The van der Waals surface area contributed by atoms with Gasteiger partial charge in [0.05, 0.1) is 12.1 Å². The van der Waals surface area contributed by atoms with Crippen LogP contribution < -0.4 is 0 Å². The maximum atomic E-state index is 12.8. The summed E-state index contributed by atoms with van der Waals surface area (Å²) in [6, 6.07) is 3.08. The number of nitrogens with zero attached hydrogens (tertiary/aromatic N) is 2. The lowest BCUT2D eigenvalue weighted by Gasteiger charge is -2.31. The van der Waals surface area contributed by atoms with Gasteiger partial charge in [-0.25, -0.2) is 8.42 Å².